The number of halogens is 2. The van der Waals surface area contributed by atoms with E-state index in [2.05, 4.69) is 243 Å². The normalized spacial score (nSPS) is 16.3. The molecule has 9 aromatic carbocycles. The number of benzene rings is 9. The van der Waals surface area contributed by atoms with E-state index in [4.69, 9.17) is 14.2 Å². The number of hydrogen-bond acceptors (Lipinski definition) is 11. The van der Waals surface area contributed by atoms with Gasteiger partial charge in [0.1, 0.15) is 29.5 Å². The Morgan fingerprint density at radius 2 is 0.861 bits per heavy atom. The maximum absolute atomic E-state index is 12.3. The minimum Gasteiger partial charge on any atom is -0.508 e. The number of phenols is 1. The van der Waals surface area contributed by atoms with E-state index < -0.39 is 5.60 Å². The summed E-state index contributed by atoms with van der Waals surface area (Å²) in [6.45, 7) is 19.2. The first-order chi connectivity index (χ1) is 52.4. The monoisotopic (exact) mass is 1580 g/mol. The molecule has 1 amide bonds. The van der Waals surface area contributed by atoms with Crippen LogP contribution in [0.2, 0.25) is 0 Å². The van der Waals surface area contributed by atoms with Gasteiger partial charge in [-0.1, -0.05) is 208 Å². The Hall–Kier alpha value is -8.41. The Morgan fingerprint density at radius 1 is 0.472 bits per heavy atom. The van der Waals surface area contributed by atoms with E-state index in [0.29, 0.717) is 44.1 Å². The summed E-state index contributed by atoms with van der Waals surface area (Å²) in [6, 6.07) is 82.8. The van der Waals surface area contributed by atoms with Crippen molar-refractivity contribution in [3.05, 3.63) is 301 Å². The van der Waals surface area contributed by atoms with Gasteiger partial charge in [0.2, 0.25) is 0 Å². The highest BCUT2D eigenvalue weighted by molar-refractivity contribution is 9.10. The molecule has 3 saturated heterocycles. The first-order valence-corrected chi connectivity index (χ1v) is 40.2. The van der Waals surface area contributed by atoms with Crippen LogP contribution in [0.4, 0.5) is 4.79 Å². The van der Waals surface area contributed by atoms with Gasteiger partial charge in [-0.15, -0.1) is 0 Å². The first kappa shape index (κ1) is 82.1. The number of ether oxygens (including phenoxy) is 3. The molecule has 0 saturated carbocycles. The fourth-order valence-corrected chi connectivity index (χ4v) is 15.2. The summed E-state index contributed by atoms with van der Waals surface area (Å²) < 4.78 is 19.8. The number of piperazine rings is 1. The molecule has 0 radical (unpaired) electrons. The highest BCUT2D eigenvalue weighted by Gasteiger charge is 2.28. The van der Waals surface area contributed by atoms with Gasteiger partial charge in [-0.2, -0.15) is 0 Å². The van der Waals surface area contributed by atoms with Gasteiger partial charge in [0.25, 0.3) is 0 Å². The van der Waals surface area contributed by atoms with Crippen LogP contribution < -0.4 is 9.47 Å². The molecular formula is C94H110Br2N4O8. The maximum Gasteiger partial charge on any atom is 0.410 e. The lowest BCUT2D eigenvalue weighted by Crippen LogP contribution is -2.50. The summed E-state index contributed by atoms with van der Waals surface area (Å²) in [4.78, 5) is 21.4. The van der Waals surface area contributed by atoms with Gasteiger partial charge < -0.3 is 49.3 Å². The number of allylic oxidation sites excluding steroid dienone is 3. The van der Waals surface area contributed by atoms with Crippen molar-refractivity contribution in [3.8, 4) is 17.2 Å². The van der Waals surface area contributed by atoms with Gasteiger partial charge in [0, 0.05) is 80.1 Å². The molecular weight excluding hydrogens is 1470 g/mol. The minimum absolute atomic E-state index is 0.113. The third kappa shape index (κ3) is 24.3. The summed E-state index contributed by atoms with van der Waals surface area (Å²) in [5.74, 6) is 2.54. The Labute approximate surface area is 659 Å². The number of carbonyl (C=O) groups excluding carboxylic acids is 1. The largest absolute Gasteiger partial charge is 0.508 e. The fraction of sp³-hybridized carbons (Fsp3) is 0.351. The number of aliphatic hydroxyl groups is 3. The second-order valence-electron chi connectivity index (χ2n) is 29.5. The molecule has 4 N–H and O–H groups in total. The van der Waals surface area contributed by atoms with Crippen LogP contribution in [-0.4, -0.2) is 156 Å². The van der Waals surface area contributed by atoms with Gasteiger partial charge in [-0.25, -0.2) is 4.79 Å². The lowest BCUT2D eigenvalue weighted by molar-refractivity contribution is 0.0137. The zero-order chi connectivity index (χ0) is 76.2. The lowest BCUT2D eigenvalue weighted by Gasteiger charge is -2.35. The topological polar surface area (TPSA) is 139 Å². The summed E-state index contributed by atoms with van der Waals surface area (Å²) in [6.07, 6.45) is 9.10. The third-order valence-electron chi connectivity index (χ3n) is 20.4. The number of aromatic hydroxyl groups is 1. The third-order valence-corrected chi connectivity index (χ3v) is 21.5. The zero-order valence-corrected chi connectivity index (χ0v) is 67.2. The molecule has 3 aliphatic rings. The van der Waals surface area contributed by atoms with E-state index in [1.54, 1.807) is 17.0 Å². The van der Waals surface area contributed by atoms with Crippen molar-refractivity contribution in [2.24, 2.45) is 0 Å². The predicted molar refractivity (Wildman–Crippen MR) is 451 cm³/mol. The van der Waals surface area contributed by atoms with Crippen LogP contribution in [0.5, 0.6) is 17.2 Å². The van der Waals surface area contributed by atoms with Crippen molar-refractivity contribution in [2.45, 2.75) is 122 Å². The van der Waals surface area contributed by atoms with Gasteiger partial charge in [0.05, 0.1) is 6.61 Å². The fourth-order valence-electron chi connectivity index (χ4n) is 14.6. The van der Waals surface area contributed by atoms with Crippen molar-refractivity contribution >= 4 is 71.4 Å². The van der Waals surface area contributed by atoms with Crippen LogP contribution >= 0.6 is 31.9 Å². The first-order valence-electron chi connectivity index (χ1n) is 38.7. The number of likely N-dealkylation sites (tertiary alicyclic amines) is 2. The average molecular weight is 1580 g/mol. The lowest BCUT2D eigenvalue weighted by atomic mass is 9.86. The molecule has 2 unspecified atom stereocenters. The molecule has 3 fully saturated rings. The Balaban J connectivity index is 0.000000174. The van der Waals surface area contributed by atoms with Gasteiger partial charge >= 0.3 is 6.09 Å². The van der Waals surface area contributed by atoms with Crippen LogP contribution in [-0.2, 0) is 4.74 Å². The average Bonchev–Trinajstić information content (AvgIpc) is 0.920. The predicted octanol–water partition coefficient (Wildman–Crippen LogP) is 20.5. The molecule has 14 heteroatoms. The van der Waals surface area contributed by atoms with Crippen molar-refractivity contribution in [2.75, 3.05) is 92.4 Å². The van der Waals surface area contributed by atoms with Crippen molar-refractivity contribution in [1.82, 2.24) is 19.6 Å². The standard InChI is InChI=1S/C34H42N2O5.C30H34BrNO2.C30H34BrNO/c1-34(2,3)41-33(39)36-21-19-35(20-22-36)23-25-40-30-17-13-28(14-18-30)32(27-11-15-29(38)16-12-27)31(10-7-24-37)26-8-5-4-6-9-26;1-32-20-5-9-27(32)19-22-34-28-17-13-25(14-18-28)30(24-11-15-26(31)16-12-24)29(10-6-21-33)23-7-3-2-4-8-23;1-22(2)32-19-18-27(21-32)23-10-12-25(13-11-23)30(26-14-16-28(31)17-15-26)29(9-6-20-33)24-7-4-3-5-8-24/h4-6,8-9,11-18,37-38H,7,10,19-25H2,1-3H3;2-4,7-8,11-18,27,33H,5-6,9-10,19-22H2,1H3;3-5,7-8,10-17,22,27,33H,6,9,18-21H2,1-2H3/b32-31-;30-29-;30-29+. The second-order valence-corrected chi connectivity index (χ2v) is 31.3. The van der Waals surface area contributed by atoms with Crippen LogP contribution in [0, 0.1) is 0 Å². The molecule has 9 aromatic rings. The molecule has 0 aliphatic carbocycles. The van der Waals surface area contributed by atoms with E-state index in [9.17, 15) is 25.2 Å². The Bertz CT molecular complexity index is 4270. The van der Waals surface area contributed by atoms with Crippen molar-refractivity contribution < 1.29 is 39.4 Å². The second kappa shape index (κ2) is 42.0. The zero-order valence-electron chi connectivity index (χ0n) is 64.0. The molecule has 108 heavy (non-hydrogen) atoms. The Kier molecular flexibility index (Phi) is 31.9. The summed E-state index contributed by atoms with van der Waals surface area (Å²) in [5, 5.41) is 38.7. The minimum atomic E-state index is -0.485. The molecule has 0 bridgehead atoms. The number of carbonyl (C=O) groups is 1. The van der Waals surface area contributed by atoms with Gasteiger partial charge in [-0.05, 0) is 275 Å². The molecule has 3 aliphatic heterocycles. The van der Waals surface area contributed by atoms with Crippen LogP contribution in [0.15, 0.2) is 246 Å². The molecule has 12 rings (SSSR count). The number of aliphatic hydroxyl groups excluding tert-OH is 3. The smallest absolute Gasteiger partial charge is 0.410 e. The molecule has 0 spiro atoms. The highest BCUT2D eigenvalue weighted by atomic mass is 79.9. The molecule has 12 nitrogen and oxygen atoms in total. The molecule has 0 aromatic heterocycles. The van der Waals surface area contributed by atoms with Crippen molar-refractivity contribution in [3.63, 3.8) is 0 Å². The van der Waals surface area contributed by atoms with Crippen LogP contribution in [0.1, 0.15) is 160 Å². The van der Waals surface area contributed by atoms with Crippen LogP contribution in [0.3, 0.4) is 0 Å². The number of hydrogen-bond donors (Lipinski definition) is 4. The summed E-state index contributed by atoms with van der Waals surface area (Å²) >= 11 is 7.15. The van der Waals surface area contributed by atoms with Crippen LogP contribution in [0.25, 0.3) is 33.4 Å². The van der Waals surface area contributed by atoms with E-state index in [1.807, 2.05) is 69.3 Å². The van der Waals surface area contributed by atoms with E-state index in [0.717, 1.165) is 131 Å². The van der Waals surface area contributed by atoms with E-state index in [-0.39, 0.29) is 31.7 Å². The molecule has 2 atom stereocenters. The van der Waals surface area contributed by atoms with Crippen molar-refractivity contribution in [1.29, 1.82) is 0 Å². The van der Waals surface area contributed by atoms with E-state index >= 15 is 0 Å². The number of rotatable bonds is 28. The SMILES string of the molecule is CC(C)(C)OC(=O)N1CCN(CCOc2ccc(/C(=C(/CCCO)c3ccccc3)c3ccc(O)cc3)cc2)CC1.CC(C)N1CCC(c2ccc(/C(=C(/CCCO)c3ccccc3)c3ccc(Br)cc3)cc2)C1.CN1CCCC1CCOc1ccc(/C(=C(/CCCO)c2ccccc2)c2ccc(Br)cc2)cc1. The van der Waals surface area contributed by atoms with Gasteiger partial charge in [0.15, 0.2) is 0 Å². The Morgan fingerprint density at radius 3 is 1.23 bits per heavy atom. The van der Waals surface area contributed by atoms with Gasteiger partial charge in [-0.3, -0.25) is 4.90 Å². The van der Waals surface area contributed by atoms with E-state index in [1.165, 1.54) is 82.5 Å². The summed E-state index contributed by atoms with van der Waals surface area (Å²) in [7, 11) is 2.21. The number of amides is 1. The number of phenolic OH excluding ortho intramolecular Hbond substituents is 1. The number of nitrogens with zero attached hydrogens (tertiary/aromatic N) is 4. The molecule has 568 valence electrons. The summed E-state index contributed by atoms with van der Waals surface area (Å²) in [5.41, 5.74) is 18.5. The quantitative estimate of drug-likeness (QED) is 0.0349. The molecule has 3 heterocycles. The maximum atomic E-state index is 12.3. The highest BCUT2D eigenvalue weighted by Crippen LogP contribution is 2.41.